The van der Waals surface area contributed by atoms with E-state index >= 15 is 0 Å². The van der Waals surface area contributed by atoms with Crippen LogP contribution in [0, 0.1) is 0 Å². The first-order valence-electron chi connectivity index (χ1n) is 10.3. The first-order chi connectivity index (χ1) is 15.4. The molecular formula is C24H28N2O6. The molecule has 0 saturated carbocycles. The van der Waals surface area contributed by atoms with E-state index in [2.05, 4.69) is 0 Å². The van der Waals surface area contributed by atoms with Crippen LogP contribution in [0.25, 0.3) is 0 Å². The average Bonchev–Trinajstić information content (AvgIpc) is 2.83. The molecule has 170 valence electrons. The second-order valence-corrected chi connectivity index (χ2v) is 7.31. The van der Waals surface area contributed by atoms with Gasteiger partial charge in [0.05, 0.1) is 12.1 Å². The Morgan fingerprint density at radius 3 is 1.31 bits per heavy atom. The lowest BCUT2D eigenvalue weighted by atomic mass is 9.98. The molecule has 0 fully saturated rings. The molecular weight excluding hydrogens is 412 g/mol. The molecule has 0 heterocycles. The molecule has 0 aliphatic carbocycles. The number of hydrogen-bond acceptors (Lipinski definition) is 8. The number of benzene rings is 2. The van der Waals surface area contributed by atoms with Crippen LogP contribution >= 0.6 is 0 Å². The smallest absolute Gasteiger partial charge is 0.306 e. The topological polar surface area (TPSA) is 139 Å². The first kappa shape index (κ1) is 24.9. The molecule has 0 aliphatic heterocycles. The van der Waals surface area contributed by atoms with Crippen molar-refractivity contribution >= 4 is 23.5 Å². The molecule has 2 aromatic carbocycles. The van der Waals surface area contributed by atoms with Crippen molar-refractivity contribution in [3.63, 3.8) is 0 Å². The van der Waals surface area contributed by atoms with E-state index in [1.807, 2.05) is 60.7 Å². The van der Waals surface area contributed by atoms with Crippen molar-refractivity contribution in [2.75, 3.05) is 0 Å². The van der Waals surface area contributed by atoms with Gasteiger partial charge < -0.3 is 20.9 Å². The minimum absolute atomic E-state index is 0.0377. The van der Waals surface area contributed by atoms with Gasteiger partial charge in [-0.1, -0.05) is 60.7 Å². The number of carbonyl (C=O) groups is 4. The van der Waals surface area contributed by atoms with Gasteiger partial charge >= 0.3 is 11.9 Å². The summed E-state index contributed by atoms with van der Waals surface area (Å²) in [4.78, 5) is 48.1. The van der Waals surface area contributed by atoms with Crippen molar-refractivity contribution in [2.45, 2.75) is 51.0 Å². The minimum atomic E-state index is -1.16. The van der Waals surface area contributed by atoms with Crippen LogP contribution < -0.4 is 11.5 Å². The zero-order chi connectivity index (χ0) is 23.3. The third-order valence-electron chi connectivity index (χ3n) is 4.72. The van der Waals surface area contributed by atoms with Crippen LogP contribution in [-0.4, -0.2) is 35.6 Å². The monoisotopic (exact) mass is 440 g/mol. The van der Waals surface area contributed by atoms with Gasteiger partial charge in [0, 0.05) is 12.8 Å². The Kier molecular flexibility index (Phi) is 10.2. The maximum Gasteiger partial charge on any atom is 0.306 e. The average molecular weight is 440 g/mol. The normalized spacial score (nSPS) is 12.4. The SMILES string of the molecule is N[C@H](CCC(=O)OCc1ccccc1)C(=O)C(=O)[C@H](N)CCC(=O)OCc1ccccc1. The summed E-state index contributed by atoms with van der Waals surface area (Å²) in [7, 11) is 0. The van der Waals surface area contributed by atoms with Crippen LogP contribution in [0.3, 0.4) is 0 Å². The van der Waals surface area contributed by atoms with Crippen LogP contribution in [0.5, 0.6) is 0 Å². The van der Waals surface area contributed by atoms with Gasteiger partial charge in [-0.05, 0) is 24.0 Å². The Hall–Kier alpha value is -3.36. The van der Waals surface area contributed by atoms with Gasteiger partial charge in [-0.2, -0.15) is 0 Å². The van der Waals surface area contributed by atoms with E-state index in [9.17, 15) is 19.2 Å². The number of ketones is 2. The van der Waals surface area contributed by atoms with Gasteiger partial charge in [0.15, 0.2) is 0 Å². The Bertz CT molecular complexity index is 826. The van der Waals surface area contributed by atoms with Crippen LogP contribution in [-0.2, 0) is 41.9 Å². The van der Waals surface area contributed by atoms with Crippen molar-refractivity contribution in [1.29, 1.82) is 0 Å². The largest absolute Gasteiger partial charge is 0.461 e. The fourth-order valence-electron chi connectivity index (χ4n) is 2.79. The molecule has 8 nitrogen and oxygen atoms in total. The lowest BCUT2D eigenvalue weighted by molar-refractivity contribution is -0.147. The summed E-state index contributed by atoms with van der Waals surface area (Å²) in [5.74, 6) is -2.78. The summed E-state index contributed by atoms with van der Waals surface area (Å²) < 4.78 is 10.2. The van der Waals surface area contributed by atoms with Crippen molar-refractivity contribution in [2.24, 2.45) is 11.5 Å². The number of hydrogen-bond donors (Lipinski definition) is 2. The highest BCUT2D eigenvalue weighted by Gasteiger charge is 2.27. The van der Waals surface area contributed by atoms with Crippen molar-refractivity contribution in [1.82, 2.24) is 0 Å². The Morgan fingerprint density at radius 1 is 0.625 bits per heavy atom. The Morgan fingerprint density at radius 2 is 0.969 bits per heavy atom. The molecule has 0 amide bonds. The van der Waals surface area contributed by atoms with E-state index in [1.165, 1.54) is 0 Å². The number of esters is 2. The van der Waals surface area contributed by atoms with Crippen molar-refractivity contribution in [3.05, 3.63) is 71.8 Å². The van der Waals surface area contributed by atoms with Gasteiger partial charge in [-0.25, -0.2) is 0 Å². The van der Waals surface area contributed by atoms with Crippen molar-refractivity contribution in [3.8, 4) is 0 Å². The van der Waals surface area contributed by atoms with Crippen LogP contribution in [0.4, 0.5) is 0 Å². The maximum absolute atomic E-state index is 12.2. The summed E-state index contributed by atoms with van der Waals surface area (Å²) in [6.45, 7) is 0.236. The fourth-order valence-corrected chi connectivity index (χ4v) is 2.79. The molecule has 0 unspecified atom stereocenters. The van der Waals surface area contributed by atoms with E-state index in [4.69, 9.17) is 20.9 Å². The van der Waals surface area contributed by atoms with Crippen LogP contribution in [0.15, 0.2) is 60.7 Å². The van der Waals surface area contributed by atoms with Gasteiger partial charge in [0.1, 0.15) is 13.2 Å². The third kappa shape index (κ3) is 8.79. The second-order valence-electron chi connectivity index (χ2n) is 7.31. The zero-order valence-electron chi connectivity index (χ0n) is 17.8. The summed E-state index contributed by atoms with van der Waals surface area (Å²) in [6, 6.07) is 16.0. The first-order valence-corrected chi connectivity index (χ1v) is 10.3. The number of rotatable bonds is 13. The number of carbonyl (C=O) groups excluding carboxylic acids is 4. The van der Waals surface area contributed by atoms with Crippen LogP contribution in [0.1, 0.15) is 36.8 Å². The van der Waals surface area contributed by atoms with E-state index in [1.54, 1.807) is 0 Å². The van der Waals surface area contributed by atoms with Gasteiger partial charge in [0.25, 0.3) is 0 Å². The predicted molar refractivity (Wildman–Crippen MR) is 117 cm³/mol. The Labute approximate surface area is 186 Å². The molecule has 0 aromatic heterocycles. The Balaban J connectivity index is 1.66. The third-order valence-corrected chi connectivity index (χ3v) is 4.72. The molecule has 2 rings (SSSR count). The summed E-state index contributed by atoms with van der Waals surface area (Å²) in [5.41, 5.74) is 13.2. The number of nitrogens with two attached hydrogens (primary N) is 2. The highest BCUT2D eigenvalue weighted by atomic mass is 16.5. The van der Waals surface area contributed by atoms with Gasteiger partial charge in [-0.15, -0.1) is 0 Å². The molecule has 0 bridgehead atoms. The zero-order valence-corrected chi connectivity index (χ0v) is 17.8. The minimum Gasteiger partial charge on any atom is -0.461 e. The van der Waals surface area contributed by atoms with Crippen molar-refractivity contribution < 1.29 is 28.7 Å². The highest BCUT2D eigenvalue weighted by molar-refractivity contribution is 6.40. The summed E-state index contributed by atoms with van der Waals surface area (Å²) in [6.07, 6.45) is -0.282. The molecule has 32 heavy (non-hydrogen) atoms. The van der Waals surface area contributed by atoms with E-state index in [0.717, 1.165) is 11.1 Å². The van der Waals surface area contributed by atoms with Gasteiger partial charge in [0.2, 0.25) is 11.6 Å². The summed E-state index contributed by atoms with van der Waals surface area (Å²) >= 11 is 0. The number of ether oxygens (including phenoxy) is 2. The molecule has 0 saturated heterocycles. The lowest BCUT2D eigenvalue weighted by Gasteiger charge is -2.13. The molecule has 8 heteroatoms. The van der Waals surface area contributed by atoms with E-state index < -0.39 is 35.6 Å². The molecule has 2 aromatic rings. The molecule has 0 radical (unpaired) electrons. The standard InChI is InChI=1S/C24H28N2O6/c25-19(11-13-21(27)31-15-17-7-3-1-4-8-17)23(29)24(30)20(26)12-14-22(28)32-16-18-9-5-2-6-10-18/h1-10,19-20H,11-16,25-26H2/t19-,20-/m1/s1. The molecule has 4 N–H and O–H groups in total. The fraction of sp³-hybridized carbons (Fsp3) is 0.333. The predicted octanol–water partition coefficient (Wildman–Crippen LogP) is 1.83. The number of Topliss-reactive ketones (excluding diaryl/α,β-unsaturated/α-hetero) is 2. The van der Waals surface area contributed by atoms with E-state index in [0.29, 0.717) is 0 Å². The van der Waals surface area contributed by atoms with E-state index in [-0.39, 0.29) is 38.9 Å². The second kappa shape index (κ2) is 13.1. The molecule has 0 spiro atoms. The van der Waals surface area contributed by atoms with Gasteiger partial charge in [-0.3, -0.25) is 19.2 Å². The quantitative estimate of drug-likeness (QED) is 0.355. The van der Waals surface area contributed by atoms with Crippen LogP contribution in [0.2, 0.25) is 0 Å². The maximum atomic E-state index is 12.2. The molecule has 0 aliphatic rings. The molecule has 2 atom stereocenters. The lowest BCUT2D eigenvalue weighted by Crippen LogP contribution is -2.44. The summed E-state index contributed by atoms with van der Waals surface area (Å²) in [5, 5.41) is 0. The highest BCUT2D eigenvalue weighted by Crippen LogP contribution is 2.07.